The van der Waals surface area contributed by atoms with Gasteiger partial charge >= 0.3 is 6.09 Å². The second kappa shape index (κ2) is 3.70. The second-order valence-electron chi connectivity index (χ2n) is 3.46. The summed E-state index contributed by atoms with van der Waals surface area (Å²) in [7, 11) is 0. The van der Waals surface area contributed by atoms with Crippen molar-refractivity contribution in [3.05, 3.63) is 30.3 Å². The van der Waals surface area contributed by atoms with Crippen LogP contribution in [0.4, 0.5) is 10.5 Å². The Bertz CT molecular complexity index is 323. The minimum absolute atomic E-state index is 0.221. The normalized spacial score (nSPS) is 21.9. The van der Waals surface area contributed by atoms with Gasteiger partial charge in [0.1, 0.15) is 0 Å². The van der Waals surface area contributed by atoms with E-state index in [0.29, 0.717) is 6.61 Å². The van der Waals surface area contributed by atoms with Gasteiger partial charge in [0, 0.05) is 18.2 Å². The molecule has 1 fully saturated rings. The highest BCUT2D eigenvalue weighted by molar-refractivity contribution is 5.88. The summed E-state index contributed by atoms with van der Waals surface area (Å²) in [6.45, 7) is 2.57. The van der Waals surface area contributed by atoms with Crippen LogP contribution in [0.25, 0.3) is 0 Å². The van der Waals surface area contributed by atoms with E-state index in [1.165, 1.54) is 0 Å². The average molecular weight is 191 g/mol. The maximum absolute atomic E-state index is 11.5. The molecule has 74 valence electrons. The number of ether oxygens (including phenoxy) is 1. The van der Waals surface area contributed by atoms with Gasteiger partial charge in [-0.15, -0.1) is 0 Å². The van der Waals surface area contributed by atoms with Gasteiger partial charge in [-0.2, -0.15) is 0 Å². The quantitative estimate of drug-likeness (QED) is 0.682. The van der Waals surface area contributed by atoms with Crippen molar-refractivity contribution in [2.24, 2.45) is 0 Å². The number of rotatable bonds is 1. The van der Waals surface area contributed by atoms with Crippen LogP contribution in [0, 0.1) is 0 Å². The molecule has 0 N–H and O–H groups in total. The lowest BCUT2D eigenvalue weighted by molar-refractivity contribution is 0.131. The van der Waals surface area contributed by atoms with E-state index in [1.54, 1.807) is 4.90 Å². The first-order chi connectivity index (χ1) is 6.79. The van der Waals surface area contributed by atoms with Crippen LogP contribution in [0.15, 0.2) is 30.3 Å². The van der Waals surface area contributed by atoms with E-state index < -0.39 is 0 Å². The molecule has 1 aromatic rings. The van der Waals surface area contributed by atoms with Gasteiger partial charge in [0.25, 0.3) is 0 Å². The molecule has 3 nitrogen and oxygen atoms in total. The fourth-order valence-electron chi connectivity index (χ4n) is 1.64. The number of cyclic esters (lactones) is 1. The smallest absolute Gasteiger partial charge is 0.414 e. The number of nitrogens with zero attached hydrogens (tertiary/aromatic N) is 1. The van der Waals surface area contributed by atoms with Crippen molar-refractivity contribution in [1.29, 1.82) is 0 Å². The van der Waals surface area contributed by atoms with E-state index in [1.807, 2.05) is 37.3 Å². The van der Waals surface area contributed by atoms with Gasteiger partial charge in [0.2, 0.25) is 0 Å². The molecule has 0 bridgehead atoms. The molecule has 1 aliphatic rings. The Morgan fingerprint density at radius 2 is 2.07 bits per heavy atom. The fourth-order valence-corrected chi connectivity index (χ4v) is 1.64. The Balaban J connectivity index is 2.27. The summed E-state index contributed by atoms with van der Waals surface area (Å²) in [6, 6.07) is 9.84. The largest absolute Gasteiger partial charge is 0.449 e. The molecule has 1 atom stereocenters. The van der Waals surface area contributed by atoms with Crippen LogP contribution in [0.1, 0.15) is 13.3 Å². The summed E-state index contributed by atoms with van der Waals surface area (Å²) in [4.78, 5) is 13.2. The Morgan fingerprint density at radius 3 is 2.71 bits per heavy atom. The highest BCUT2D eigenvalue weighted by Crippen LogP contribution is 2.22. The van der Waals surface area contributed by atoms with Crippen molar-refractivity contribution in [3.8, 4) is 0 Å². The zero-order valence-corrected chi connectivity index (χ0v) is 8.14. The first-order valence-electron chi connectivity index (χ1n) is 4.80. The molecule has 0 saturated carbocycles. The summed E-state index contributed by atoms with van der Waals surface area (Å²) < 4.78 is 5.00. The third kappa shape index (κ3) is 1.58. The Morgan fingerprint density at radius 1 is 1.36 bits per heavy atom. The monoisotopic (exact) mass is 191 g/mol. The van der Waals surface area contributed by atoms with E-state index in [9.17, 15) is 4.79 Å². The van der Waals surface area contributed by atoms with Gasteiger partial charge in [0.15, 0.2) is 0 Å². The molecule has 0 radical (unpaired) electrons. The SMILES string of the molecule is CC1CCOC(=O)N1c1ccccc1. The van der Waals surface area contributed by atoms with Crippen LogP contribution < -0.4 is 4.90 Å². The molecular weight excluding hydrogens is 178 g/mol. The highest BCUT2D eigenvalue weighted by Gasteiger charge is 2.27. The number of carbonyl (C=O) groups is 1. The van der Waals surface area contributed by atoms with Crippen LogP contribution in [0.3, 0.4) is 0 Å². The molecule has 1 heterocycles. The van der Waals surface area contributed by atoms with E-state index >= 15 is 0 Å². The maximum atomic E-state index is 11.5. The number of hydrogen-bond donors (Lipinski definition) is 0. The molecule has 1 saturated heterocycles. The van der Waals surface area contributed by atoms with Crippen molar-refractivity contribution in [2.75, 3.05) is 11.5 Å². The molecule has 0 aromatic heterocycles. The van der Waals surface area contributed by atoms with Gasteiger partial charge in [-0.25, -0.2) is 4.79 Å². The predicted molar refractivity (Wildman–Crippen MR) is 54.3 cm³/mol. The van der Waals surface area contributed by atoms with E-state index in [4.69, 9.17) is 4.74 Å². The number of benzene rings is 1. The lowest BCUT2D eigenvalue weighted by Gasteiger charge is -2.32. The average Bonchev–Trinajstić information content (AvgIpc) is 2.19. The first-order valence-corrected chi connectivity index (χ1v) is 4.80. The number of carbonyl (C=O) groups excluding carboxylic acids is 1. The molecule has 0 aliphatic carbocycles. The predicted octanol–water partition coefficient (Wildman–Crippen LogP) is 2.42. The lowest BCUT2D eigenvalue weighted by atomic mass is 10.1. The van der Waals surface area contributed by atoms with Gasteiger partial charge in [0.05, 0.1) is 6.61 Å². The summed E-state index contributed by atoms with van der Waals surface area (Å²) in [5, 5.41) is 0. The minimum atomic E-state index is -0.241. The molecular formula is C11H13NO2. The van der Waals surface area contributed by atoms with Gasteiger partial charge in [-0.1, -0.05) is 18.2 Å². The van der Waals surface area contributed by atoms with Crippen LogP contribution in [0.5, 0.6) is 0 Å². The standard InChI is InChI=1S/C11H13NO2/c1-9-7-8-14-11(13)12(9)10-5-3-2-4-6-10/h2-6,9H,7-8H2,1H3. The number of hydrogen-bond acceptors (Lipinski definition) is 2. The van der Waals surface area contributed by atoms with Gasteiger partial charge in [-0.05, 0) is 19.1 Å². The number of anilines is 1. The first kappa shape index (κ1) is 9.06. The topological polar surface area (TPSA) is 29.5 Å². The molecule has 1 aliphatic heterocycles. The Hall–Kier alpha value is -1.51. The lowest BCUT2D eigenvalue weighted by Crippen LogP contribution is -2.44. The van der Waals surface area contributed by atoms with Crippen molar-refractivity contribution in [3.63, 3.8) is 0 Å². The third-order valence-electron chi connectivity index (χ3n) is 2.43. The van der Waals surface area contributed by atoms with E-state index in [0.717, 1.165) is 12.1 Å². The summed E-state index contributed by atoms with van der Waals surface area (Å²) in [6.07, 6.45) is 0.649. The zero-order valence-electron chi connectivity index (χ0n) is 8.14. The van der Waals surface area contributed by atoms with Crippen LogP contribution in [0.2, 0.25) is 0 Å². The van der Waals surface area contributed by atoms with Gasteiger partial charge in [-0.3, -0.25) is 4.90 Å². The molecule has 1 unspecified atom stereocenters. The minimum Gasteiger partial charge on any atom is -0.449 e. The van der Waals surface area contributed by atoms with Crippen molar-refractivity contribution in [1.82, 2.24) is 0 Å². The van der Waals surface area contributed by atoms with Crippen molar-refractivity contribution >= 4 is 11.8 Å². The molecule has 14 heavy (non-hydrogen) atoms. The van der Waals surface area contributed by atoms with Crippen LogP contribution in [-0.2, 0) is 4.74 Å². The van der Waals surface area contributed by atoms with Crippen LogP contribution >= 0.6 is 0 Å². The molecule has 3 heteroatoms. The fraction of sp³-hybridized carbons (Fsp3) is 0.364. The zero-order chi connectivity index (χ0) is 9.97. The Labute approximate surface area is 83.3 Å². The highest BCUT2D eigenvalue weighted by atomic mass is 16.6. The number of amides is 1. The van der Waals surface area contributed by atoms with E-state index in [2.05, 4.69) is 0 Å². The van der Waals surface area contributed by atoms with Crippen molar-refractivity contribution < 1.29 is 9.53 Å². The number of para-hydroxylation sites is 1. The molecule has 1 aromatic carbocycles. The maximum Gasteiger partial charge on any atom is 0.414 e. The van der Waals surface area contributed by atoms with Gasteiger partial charge < -0.3 is 4.74 Å². The van der Waals surface area contributed by atoms with Crippen molar-refractivity contribution in [2.45, 2.75) is 19.4 Å². The van der Waals surface area contributed by atoms with Crippen LogP contribution in [-0.4, -0.2) is 18.7 Å². The molecule has 2 rings (SSSR count). The molecule has 1 amide bonds. The third-order valence-corrected chi connectivity index (χ3v) is 2.43. The second-order valence-corrected chi connectivity index (χ2v) is 3.46. The summed E-state index contributed by atoms with van der Waals surface area (Å²) >= 11 is 0. The Kier molecular flexibility index (Phi) is 2.39. The van der Waals surface area contributed by atoms with E-state index in [-0.39, 0.29) is 12.1 Å². The summed E-state index contributed by atoms with van der Waals surface area (Å²) in [5.74, 6) is 0. The summed E-state index contributed by atoms with van der Waals surface area (Å²) in [5.41, 5.74) is 0.907. The molecule has 0 spiro atoms.